The highest BCUT2D eigenvalue weighted by molar-refractivity contribution is 5.79. The summed E-state index contributed by atoms with van der Waals surface area (Å²) in [5.74, 6) is 0.753. The van der Waals surface area contributed by atoms with E-state index < -0.39 is 6.61 Å². The van der Waals surface area contributed by atoms with Crippen molar-refractivity contribution in [3.05, 3.63) is 71.3 Å². The van der Waals surface area contributed by atoms with Crippen molar-refractivity contribution < 1.29 is 13.5 Å². The minimum atomic E-state index is -2.85. The van der Waals surface area contributed by atoms with Crippen LogP contribution in [0.25, 0.3) is 0 Å². The largest absolute Gasteiger partial charge is 0.434 e. The Labute approximate surface area is 170 Å². The molecule has 1 aliphatic rings. The Morgan fingerprint density at radius 3 is 2.41 bits per heavy atom. The normalized spacial score (nSPS) is 13.8. The zero-order valence-electron chi connectivity index (χ0n) is 16.7. The van der Waals surface area contributed by atoms with Crippen LogP contribution in [-0.2, 0) is 13.1 Å². The number of rotatable bonds is 7. The van der Waals surface area contributed by atoms with Crippen molar-refractivity contribution in [1.29, 1.82) is 0 Å². The third-order valence-electron chi connectivity index (χ3n) is 4.68. The zero-order chi connectivity index (χ0) is 20.6. The molecule has 0 aromatic heterocycles. The fourth-order valence-electron chi connectivity index (χ4n) is 3.16. The van der Waals surface area contributed by atoms with Gasteiger partial charge in [0.2, 0.25) is 0 Å². The molecule has 29 heavy (non-hydrogen) atoms. The first-order valence-corrected chi connectivity index (χ1v) is 9.53. The van der Waals surface area contributed by atoms with Crippen LogP contribution in [0.2, 0.25) is 0 Å². The van der Waals surface area contributed by atoms with Gasteiger partial charge >= 0.3 is 6.61 Å². The van der Waals surface area contributed by atoms with E-state index in [0.717, 1.165) is 24.2 Å². The first-order valence-electron chi connectivity index (χ1n) is 9.53. The van der Waals surface area contributed by atoms with Gasteiger partial charge in [-0.15, -0.1) is 0 Å². The molecule has 0 atom stereocenters. The summed E-state index contributed by atoms with van der Waals surface area (Å²) in [5, 5.41) is 6.39. The standard InChI is InChI=1S/C22H26F2N4O/c1-16-5-10-20(29-21(23)24)18(13-16)15-27-22(25-2)26-14-17-6-8-19(9-7-17)28-11-3-4-12-28/h3-10,13,21H,11-12,14-15H2,1-2H3,(H2,25,26,27). The molecule has 0 saturated carbocycles. The summed E-state index contributed by atoms with van der Waals surface area (Å²) in [6.07, 6.45) is 4.33. The first kappa shape index (κ1) is 20.6. The predicted molar refractivity (Wildman–Crippen MR) is 113 cm³/mol. The summed E-state index contributed by atoms with van der Waals surface area (Å²) in [6, 6.07) is 13.5. The van der Waals surface area contributed by atoms with Gasteiger partial charge in [0.1, 0.15) is 5.75 Å². The molecule has 0 radical (unpaired) electrons. The van der Waals surface area contributed by atoms with Gasteiger partial charge in [0.15, 0.2) is 5.96 Å². The molecule has 1 heterocycles. The Morgan fingerprint density at radius 1 is 1.07 bits per heavy atom. The Morgan fingerprint density at radius 2 is 1.76 bits per heavy atom. The van der Waals surface area contributed by atoms with Crippen LogP contribution in [0.5, 0.6) is 5.75 Å². The SMILES string of the molecule is CN=C(NCc1ccc(N2CC=CC2)cc1)NCc1cc(C)ccc1OC(F)F. The number of halogens is 2. The van der Waals surface area contributed by atoms with Gasteiger partial charge in [-0.1, -0.05) is 42.0 Å². The predicted octanol–water partition coefficient (Wildman–Crippen LogP) is 3.84. The topological polar surface area (TPSA) is 48.9 Å². The summed E-state index contributed by atoms with van der Waals surface area (Å²) < 4.78 is 29.8. The lowest BCUT2D eigenvalue weighted by Crippen LogP contribution is -2.36. The van der Waals surface area contributed by atoms with E-state index in [-0.39, 0.29) is 5.75 Å². The number of nitrogens with zero attached hydrogens (tertiary/aromatic N) is 2. The van der Waals surface area contributed by atoms with E-state index in [1.165, 1.54) is 5.69 Å². The molecule has 0 aliphatic carbocycles. The van der Waals surface area contributed by atoms with Crippen molar-refractivity contribution in [2.24, 2.45) is 4.99 Å². The molecular formula is C22H26F2N4O. The molecule has 2 N–H and O–H groups in total. The van der Waals surface area contributed by atoms with E-state index in [4.69, 9.17) is 0 Å². The fourth-order valence-corrected chi connectivity index (χ4v) is 3.16. The van der Waals surface area contributed by atoms with Crippen LogP contribution in [0.1, 0.15) is 16.7 Å². The van der Waals surface area contributed by atoms with Crippen LogP contribution in [0.3, 0.4) is 0 Å². The van der Waals surface area contributed by atoms with Crippen molar-refractivity contribution in [1.82, 2.24) is 10.6 Å². The van der Waals surface area contributed by atoms with Gasteiger partial charge < -0.3 is 20.3 Å². The molecule has 154 valence electrons. The number of anilines is 1. The van der Waals surface area contributed by atoms with Crippen LogP contribution in [0, 0.1) is 6.92 Å². The lowest BCUT2D eigenvalue weighted by atomic mass is 10.1. The van der Waals surface area contributed by atoms with E-state index in [1.54, 1.807) is 19.2 Å². The molecule has 0 saturated heterocycles. The van der Waals surface area contributed by atoms with E-state index >= 15 is 0 Å². The molecule has 2 aromatic rings. The monoisotopic (exact) mass is 400 g/mol. The van der Waals surface area contributed by atoms with Crippen LogP contribution >= 0.6 is 0 Å². The average molecular weight is 400 g/mol. The van der Waals surface area contributed by atoms with E-state index in [2.05, 4.69) is 61.7 Å². The third-order valence-corrected chi connectivity index (χ3v) is 4.68. The van der Waals surface area contributed by atoms with Gasteiger partial charge in [0, 0.05) is 44.5 Å². The molecular weight excluding hydrogens is 374 g/mol. The Hall–Kier alpha value is -3.09. The molecule has 2 aromatic carbocycles. The van der Waals surface area contributed by atoms with Gasteiger partial charge in [-0.25, -0.2) is 0 Å². The maximum absolute atomic E-state index is 12.6. The average Bonchev–Trinajstić information content (AvgIpc) is 3.25. The van der Waals surface area contributed by atoms with E-state index in [1.807, 2.05) is 13.0 Å². The molecule has 7 heteroatoms. The van der Waals surface area contributed by atoms with Crippen molar-refractivity contribution >= 4 is 11.6 Å². The number of nitrogens with one attached hydrogen (secondary N) is 2. The van der Waals surface area contributed by atoms with Gasteiger partial charge in [0.05, 0.1) is 0 Å². The number of ether oxygens (including phenoxy) is 1. The summed E-state index contributed by atoms with van der Waals surface area (Å²) in [4.78, 5) is 6.49. The highest BCUT2D eigenvalue weighted by Crippen LogP contribution is 2.22. The van der Waals surface area contributed by atoms with Crippen LogP contribution in [0.4, 0.5) is 14.5 Å². The second-order valence-electron chi connectivity index (χ2n) is 6.81. The quantitative estimate of drug-likeness (QED) is 0.421. The fraction of sp³-hybridized carbons (Fsp3) is 0.318. The van der Waals surface area contributed by atoms with Gasteiger partial charge in [-0.2, -0.15) is 8.78 Å². The number of benzene rings is 2. The lowest BCUT2D eigenvalue weighted by Gasteiger charge is -2.18. The number of hydrogen-bond acceptors (Lipinski definition) is 3. The Bertz CT molecular complexity index is 858. The van der Waals surface area contributed by atoms with Crippen molar-refractivity contribution in [2.75, 3.05) is 25.0 Å². The molecule has 0 fully saturated rings. The molecule has 0 unspecified atom stereocenters. The number of hydrogen-bond donors (Lipinski definition) is 2. The molecule has 0 amide bonds. The summed E-state index contributed by atoms with van der Waals surface area (Å²) in [5.41, 5.74) is 3.95. The number of guanidine groups is 1. The second kappa shape index (κ2) is 9.91. The molecule has 5 nitrogen and oxygen atoms in total. The summed E-state index contributed by atoms with van der Waals surface area (Å²) in [6.45, 7) is 1.88. The lowest BCUT2D eigenvalue weighted by molar-refractivity contribution is -0.0504. The number of aryl methyl sites for hydroxylation is 1. The van der Waals surface area contributed by atoms with E-state index in [0.29, 0.717) is 24.6 Å². The maximum Gasteiger partial charge on any atom is 0.387 e. The smallest absolute Gasteiger partial charge is 0.387 e. The Kier molecular flexibility index (Phi) is 7.05. The summed E-state index contributed by atoms with van der Waals surface area (Å²) >= 11 is 0. The van der Waals surface area contributed by atoms with Gasteiger partial charge in [-0.05, 0) is 30.7 Å². The first-order chi connectivity index (χ1) is 14.0. The maximum atomic E-state index is 12.6. The Balaban J connectivity index is 1.54. The zero-order valence-corrected chi connectivity index (χ0v) is 16.7. The minimum absolute atomic E-state index is 0.167. The van der Waals surface area contributed by atoms with Crippen molar-refractivity contribution in [3.8, 4) is 5.75 Å². The number of aliphatic imine (C=N–C) groups is 1. The van der Waals surface area contributed by atoms with Crippen LogP contribution < -0.4 is 20.3 Å². The molecule has 1 aliphatic heterocycles. The van der Waals surface area contributed by atoms with Crippen LogP contribution in [-0.4, -0.2) is 32.7 Å². The van der Waals surface area contributed by atoms with Gasteiger partial charge in [0.25, 0.3) is 0 Å². The molecule has 3 rings (SSSR count). The van der Waals surface area contributed by atoms with Crippen molar-refractivity contribution in [3.63, 3.8) is 0 Å². The number of alkyl halides is 2. The second-order valence-corrected chi connectivity index (χ2v) is 6.81. The van der Waals surface area contributed by atoms with E-state index in [9.17, 15) is 8.78 Å². The van der Waals surface area contributed by atoms with Crippen molar-refractivity contribution in [2.45, 2.75) is 26.6 Å². The summed E-state index contributed by atoms with van der Waals surface area (Å²) in [7, 11) is 1.67. The third kappa shape index (κ3) is 5.94. The minimum Gasteiger partial charge on any atom is -0.434 e. The molecule has 0 bridgehead atoms. The van der Waals surface area contributed by atoms with Gasteiger partial charge in [-0.3, -0.25) is 4.99 Å². The highest BCUT2D eigenvalue weighted by atomic mass is 19.3. The highest BCUT2D eigenvalue weighted by Gasteiger charge is 2.11. The molecule has 0 spiro atoms. The van der Waals surface area contributed by atoms with Crippen LogP contribution in [0.15, 0.2) is 59.6 Å².